The van der Waals surface area contributed by atoms with E-state index in [4.69, 9.17) is 9.84 Å². The number of aliphatic carboxylic acids is 1. The maximum absolute atomic E-state index is 12.8. The number of carboxylic acid groups (broad SMARTS) is 1. The molecule has 2 heterocycles. The lowest BCUT2D eigenvalue weighted by Crippen LogP contribution is -2.49. The number of hydrogen-bond donors (Lipinski definition) is 1. The first-order valence-electron chi connectivity index (χ1n) is 8.95. The number of hydrogen-bond acceptors (Lipinski definition) is 4. The van der Waals surface area contributed by atoms with Crippen LogP contribution < -0.4 is 9.64 Å². The second kappa shape index (κ2) is 8.08. The number of nitrogens with zero attached hydrogens (tertiary/aromatic N) is 2. The van der Waals surface area contributed by atoms with Crippen molar-refractivity contribution < 1.29 is 27.8 Å². The number of benzene rings is 1. The molecule has 1 aromatic heterocycles. The molecule has 150 valence electrons. The van der Waals surface area contributed by atoms with Crippen molar-refractivity contribution in [2.75, 3.05) is 24.6 Å². The molecule has 1 aliphatic rings. The molecule has 2 aromatic rings. The minimum Gasteiger partial charge on any atom is -0.493 e. The lowest BCUT2D eigenvalue weighted by atomic mass is 10.0. The summed E-state index contributed by atoms with van der Waals surface area (Å²) in [7, 11) is 0. The number of halogens is 3. The molecule has 0 amide bonds. The first kappa shape index (κ1) is 20.0. The van der Waals surface area contributed by atoms with Gasteiger partial charge in [-0.1, -0.05) is 19.1 Å². The smallest absolute Gasteiger partial charge is 0.416 e. The SMILES string of the molecule is CC(Cc1cccc(OCC2CN(c3cc(C(F)(F)F)ccn3)C2)c1)C(=O)O. The van der Waals surface area contributed by atoms with Gasteiger partial charge in [0, 0.05) is 25.2 Å². The molecule has 1 aliphatic heterocycles. The van der Waals surface area contributed by atoms with E-state index >= 15 is 0 Å². The number of aromatic nitrogens is 1. The maximum Gasteiger partial charge on any atom is 0.416 e. The molecule has 1 unspecified atom stereocenters. The average Bonchev–Trinajstić information content (AvgIpc) is 2.60. The number of carboxylic acids is 1. The van der Waals surface area contributed by atoms with E-state index in [9.17, 15) is 18.0 Å². The predicted octanol–water partition coefficient (Wildman–Crippen LogP) is 3.88. The molecule has 0 saturated carbocycles. The normalized spacial score (nSPS) is 15.8. The molecule has 5 nitrogen and oxygen atoms in total. The third-order valence-electron chi connectivity index (χ3n) is 4.70. The highest BCUT2D eigenvalue weighted by molar-refractivity contribution is 5.69. The van der Waals surface area contributed by atoms with Crippen molar-refractivity contribution in [2.45, 2.75) is 19.5 Å². The summed E-state index contributed by atoms with van der Waals surface area (Å²) in [5, 5.41) is 9.01. The highest BCUT2D eigenvalue weighted by Crippen LogP contribution is 2.32. The Morgan fingerprint density at radius 2 is 2.07 bits per heavy atom. The van der Waals surface area contributed by atoms with Crippen LogP contribution >= 0.6 is 0 Å². The van der Waals surface area contributed by atoms with E-state index in [0.29, 0.717) is 37.7 Å². The van der Waals surface area contributed by atoms with Crippen molar-refractivity contribution in [3.63, 3.8) is 0 Å². The summed E-state index contributed by atoms with van der Waals surface area (Å²) in [5.74, 6) is -0.154. The first-order valence-corrected chi connectivity index (χ1v) is 8.95. The fourth-order valence-electron chi connectivity index (χ4n) is 3.05. The molecule has 1 atom stereocenters. The van der Waals surface area contributed by atoms with Crippen molar-refractivity contribution in [2.24, 2.45) is 11.8 Å². The van der Waals surface area contributed by atoms with Gasteiger partial charge in [0.25, 0.3) is 0 Å². The summed E-state index contributed by atoms with van der Waals surface area (Å²) in [5.41, 5.74) is 0.181. The van der Waals surface area contributed by atoms with Gasteiger partial charge in [-0.05, 0) is 36.2 Å². The van der Waals surface area contributed by atoms with Crippen LogP contribution in [0.1, 0.15) is 18.1 Å². The van der Waals surface area contributed by atoms with Gasteiger partial charge in [0.1, 0.15) is 11.6 Å². The number of alkyl halides is 3. The van der Waals surface area contributed by atoms with Gasteiger partial charge >= 0.3 is 12.1 Å². The van der Waals surface area contributed by atoms with Crippen LogP contribution in [0.4, 0.5) is 19.0 Å². The summed E-state index contributed by atoms with van der Waals surface area (Å²) in [6, 6.07) is 9.33. The molecule has 0 aliphatic carbocycles. The van der Waals surface area contributed by atoms with Crippen LogP contribution in [0.5, 0.6) is 5.75 Å². The van der Waals surface area contributed by atoms with Crippen molar-refractivity contribution >= 4 is 11.8 Å². The van der Waals surface area contributed by atoms with Crippen LogP contribution in [-0.4, -0.2) is 35.8 Å². The van der Waals surface area contributed by atoms with Gasteiger partial charge in [0.2, 0.25) is 0 Å². The molecule has 0 radical (unpaired) electrons. The van der Waals surface area contributed by atoms with Crippen LogP contribution in [0.2, 0.25) is 0 Å². The molecule has 1 saturated heterocycles. The number of ether oxygens (including phenoxy) is 1. The Morgan fingerprint density at radius 1 is 1.32 bits per heavy atom. The molecule has 8 heteroatoms. The second-order valence-electron chi connectivity index (χ2n) is 7.07. The van der Waals surface area contributed by atoms with Crippen LogP contribution in [0.15, 0.2) is 42.6 Å². The summed E-state index contributed by atoms with van der Waals surface area (Å²) >= 11 is 0. The van der Waals surface area contributed by atoms with Gasteiger partial charge in [-0.15, -0.1) is 0 Å². The summed E-state index contributed by atoms with van der Waals surface area (Å²) in [4.78, 5) is 16.8. The van der Waals surface area contributed by atoms with E-state index in [1.54, 1.807) is 17.9 Å². The molecule has 3 rings (SSSR count). The molecule has 1 fully saturated rings. The predicted molar refractivity (Wildman–Crippen MR) is 97.4 cm³/mol. The fraction of sp³-hybridized carbons (Fsp3) is 0.400. The average molecular weight is 394 g/mol. The lowest BCUT2D eigenvalue weighted by molar-refractivity contribution is -0.141. The first-order chi connectivity index (χ1) is 13.2. The Morgan fingerprint density at radius 3 is 2.75 bits per heavy atom. The van der Waals surface area contributed by atoms with Crippen LogP contribution in [0.25, 0.3) is 0 Å². The van der Waals surface area contributed by atoms with Crippen molar-refractivity contribution in [1.82, 2.24) is 4.98 Å². The Bertz CT molecular complexity index is 835. The zero-order valence-corrected chi connectivity index (χ0v) is 15.3. The molecule has 0 spiro atoms. The van der Waals surface area contributed by atoms with Gasteiger partial charge in [0.05, 0.1) is 18.1 Å². The van der Waals surface area contributed by atoms with Gasteiger partial charge in [-0.2, -0.15) is 13.2 Å². The van der Waals surface area contributed by atoms with Gasteiger partial charge < -0.3 is 14.7 Å². The van der Waals surface area contributed by atoms with Gasteiger partial charge in [-0.3, -0.25) is 4.79 Å². The largest absolute Gasteiger partial charge is 0.493 e. The third kappa shape index (κ3) is 4.94. The van der Waals surface area contributed by atoms with E-state index in [-0.39, 0.29) is 5.92 Å². The van der Waals surface area contributed by atoms with Crippen molar-refractivity contribution in [3.05, 3.63) is 53.7 Å². The Labute approximate surface area is 160 Å². The Kier molecular flexibility index (Phi) is 5.76. The van der Waals surface area contributed by atoms with Crippen LogP contribution in [0, 0.1) is 11.8 Å². The lowest BCUT2D eigenvalue weighted by Gasteiger charge is -2.40. The van der Waals surface area contributed by atoms with Crippen LogP contribution in [-0.2, 0) is 17.4 Å². The molecular formula is C20H21F3N2O3. The zero-order valence-electron chi connectivity index (χ0n) is 15.3. The fourth-order valence-corrected chi connectivity index (χ4v) is 3.05. The Hall–Kier alpha value is -2.77. The van der Waals surface area contributed by atoms with Crippen molar-refractivity contribution in [3.8, 4) is 5.75 Å². The monoisotopic (exact) mass is 394 g/mol. The van der Waals surface area contributed by atoms with Crippen LogP contribution in [0.3, 0.4) is 0 Å². The summed E-state index contributed by atoms with van der Waals surface area (Å²) in [6.07, 6.45) is -2.79. The third-order valence-corrected chi connectivity index (χ3v) is 4.70. The topological polar surface area (TPSA) is 62.7 Å². The van der Waals surface area contributed by atoms with Crippen molar-refractivity contribution in [1.29, 1.82) is 0 Å². The molecule has 1 aromatic carbocycles. The molecule has 1 N–H and O–H groups in total. The number of pyridine rings is 1. The van der Waals surface area contributed by atoms with E-state index < -0.39 is 23.6 Å². The molecule has 0 bridgehead atoms. The van der Waals surface area contributed by atoms with Gasteiger partial charge in [-0.25, -0.2) is 4.98 Å². The Balaban J connectivity index is 1.50. The minimum atomic E-state index is -4.38. The number of anilines is 1. The number of rotatable bonds is 7. The maximum atomic E-state index is 12.8. The van der Waals surface area contributed by atoms with E-state index in [2.05, 4.69) is 4.98 Å². The standard InChI is InChI=1S/C20H21F3N2O3/c1-13(19(26)27)7-14-3-2-4-17(8-14)28-12-15-10-25(11-15)18-9-16(5-6-24-18)20(21,22)23/h2-6,8-9,13,15H,7,10-12H2,1H3,(H,26,27). The van der Waals surface area contributed by atoms with E-state index in [0.717, 1.165) is 17.7 Å². The molecular weight excluding hydrogens is 373 g/mol. The highest BCUT2D eigenvalue weighted by Gasteiger charge is 2.33. The van der Waals surface area contributed by atoms with Gasteiger partial charge in [0.15, 0.2) is 0 Å². The van der Waals surface area contributed by atoms with E-state index in [1.807, 2.05) is 18.2 Å². The van der Waals surface area contributed by atoms with E-state index in [1.165, 1.54) is 6.20 Å². The quantitative estimate of drug-likeness (QED) is 0.772. The number of carbonyl (C=O) groups is 1. The summed E-state index contributed by atoms with van der Waals surface area (Å²) < 4.78 is 44.2. The molecule has 28 heavy (non-hydrogen) atoms. The minimum absolute atomic E-state index is 0.193. The summed E-state index contributed by atoms with van der Waals surface area (Å²) in [6.45, 7) is 3.24. The zero-order chi connectivity index (χ0) is 20.3. The second-order valence-corrected chi connectivity index (χ2v) is 7.07. The highest BCUT2D eigenvalue weighted by atomic mass is 19.4.